The van der Waals surface area contributed by atoms with Gasteiger partial charge in [-0.05, 0) is 26.7 Å². The van der Waals surface area contributed by atoms with Gasteiger partial charge in [0.25, 0.3) is 0 Å². The van der Waals surface area contributed by atoms with Gasteiger partial charge in [0, 0.05) is 13.2 Å². The molecule has 0 aromatic carbocycles. The van der Waals surface area contributed by atoms with Gasteiger partial charge in [0.05, 0.1) is 13.2 Å². The molecule has 1 fully saturated rings. The number of carbonyl (C=O) groups is 2. The average molecular weight is 246 g/mol. The third-order valence-corrected chi connectivity index (χ3v) is 1.58. The second kappa shape index (κ2) is 11.0. The number of carbonyl (C=O) groups excluding carboxylic acids is 2. The molecule has 1 rings (SSSR count). The molecule has 1 saturated heterocycles. The first-order chi connectivity index (χ1) is 8.20. The molecule has 17 heavy (non-hydrogen) atoms. The van der Waals surface area contributed by atoms with Crippen LogP contribution in [0.15, 0.2) is 10.2 Å². The van der Waals surface area contributed by atoms with Crippen molar-refractivity contribution in [1.82, 2.24) is 0 Å². The van der Waals surface area contributed by atoms with Crippen molar-refractivity contribution < 1.29 is 23.8 Å². The monoisotopic (exact) mass is 246 g/mol. The van der Waals surface area contributed by atoms with Crippen LogP contribution in [-0.2, 0) is 14.2 Å². The minimum absolute atomic E-state index is 0.195. The largest absolute Gasteiger partial charge is 0.452 e. The van der Waals surface area contributed by atoms with Crippen molar-refractivity contribution >= 4 is 12.2 Å². The topological polar surface area (TPSA) is 86.5 Å². The van der Waals surface area contributed by atoms with Gasteiger partial charge in [-0.2, -0.15) is 0 Å². The second-order valence-electron chi connectivity index (χ2n) is 2.92. The molecule has 7 heteroatoms. The Labute approximate surface area is 100 Å². The zero-order valence-corrected chi connectivity index (χ0v) is 10.2. The number of azo groups is 1. The number of hydrogen-bond acceptors (Lipinski definition) is 5. The first kappa shape index (κ1) is 15.5. The van der Waals surface area contributed by atoms with Crippen molar-refractivity contribution in [3.63, 3.8) is 0 Å². The highest BCUT2D eigenvalue weighted by molar-refractivity contribution is 5.73. The van der Waals surface area contributed by atoms with Gasteiger partial charge in [0.2, 0.25) is 0 Å². The van der Waals surface area contributed by atoms with Crippen molar-refractivity contribution in [1.29, 1.82) is 0 Å². The molecule has 0 atom stereocenters. The number of ether oxygens (including phenoxy) is 3. The van der Waals surface area contributed by atoms with Gasteiger partial charge in [0.15, 0.2) is 0 Å². The quantitative estimate of drug-likeness (QED) is 0.699. The molecule has 0 unspecified atom stereocenters. The van der Waals surface area contributed by atoms with Crippen molar-refractivity contribution in [2.45, 2.75) is 26.7 Å². The molecule has 98 valence electrons. The maximum Gasteiger partial charge on any atom is 0.452 e. The van der Waals surface area contributed by atoms with Gasteiger partial charge < -0.3 is 14.2 Å². The Morgan fingerprint density at radius 2 is 1.41 bits per heavy atom. The van der Waals surface area contributed by atoms with E-state index >= 15 is 0 Å². The summed E-state index contributed by atoms with van der Waals surface area (Å²) in [6, 6.07) is 0. The Morgan fingerprint density at radius 1 is 1.00 bits per heavy atom. The van der Waals surface area contributed by atoms with Gasteiger partial charge in [-0.25, -0.2) is 9.59 Å². The van der Waals surface area contributed by atoms with E-state index in [0.717, 1.165) is 13.2 Å². The van der Waals surface area contributed by atoms with E-state index in [0.29, 0.717) is 0 Å². The summed E-state index contributed by atoms with van der Waals surface area (Å²) in [7, 11) is 0. The molecule has 0 spiro atoms. The van der Waals surface area contributed by atoms with E-state index in [4.69, 9.17) is 4.74 Å². The van der Waals surface area contributed by atoms with Gasteiger partial charge in [-0.3, -0.25) is 0 Å². The maximum absolute atomic E-state index is 10.5. The van der Waals surface area contributed by atoms with E-state index in [2.05, 4.69) is 19.7 Å². The Morgan fingerprint density at radius 3 is 1.65 bits per heavy atom. The zero-order chi connectivity index (χ0) is 12.9. The molecule has 0 aliphatic carbocycles. The number of amides is 2. The average Bonchev–Trinajstić information content (AvgIpc) is 2.86. The number of nitrogens with zero attached hydrogens (tertiary/aromatic N) is 2. The third kappa shape index (κ3) is 10.8. The normalized spacial score (nSPS) is 14.0. The van der Waals surface area contributed by atoms with E-state index in [-0.39, 0.29) is 13.2 Å². The van der Waals surface area contributed by atoms with Crippen molar-refractivity contribution in [2.24, 2.45) is 10.2 Å². The molecule has 1 aliphatic heterocycles. The van der Waals surface area contributed by atoms with Gasteiger partial charge in [-0.1, -0.05) is 10.2 Å². The van der Waals surface area contributed by atoms with Gasteiger partial charge >= 0.3 is 12.2 Å². The smallest absolute Gasteiger partial charge is 0.447 e. The molecule has 0 N–H and O–H groups in total. The Hall–Kier alpha value is -1.50. The van der Waals surface area contributed by atoms with Crippen LogP contribution in [0.5, 0.6) is 0 Å². The molecule has 7 nitrogen and oxygen atoms in total. The van der Waals surface area contributed by atoms with Crippen LogP contribution in [0.3, 0.4) is 0 Å². The summed E-state index contributed by atoms with van der Waals surface area (Å²) in [5.74, 6) is 0. The highest BCUT2D eigenvalue weighted by Crippen LogP contribution is 1.98. The highest BCUT2D eigenvalue weighted by Gasteiger charge is 2.00. The molecule has 2 amide bonds. The first-order valence-corrected chi connectivity index (χ1v) is 5.53. The van der Waals surface area contributed by atoms with Crippen LogP contribution in [-0.4, -0.2) is 38.6 Å². The van der Waals surface area contributed by atoms with Crippen LogP contribution in [0.25, 0.3) is 0 Å². The van der Waals surface area contributed by atoms with E-state index in [1.54, 1.807) is 13.8 Å². The Bertz CT molecular complexity index is 223. The summed E-state index contributed by atoms with van der Waals surface area (Å²) in [6.45, 7) is 5.64. The van der Waals surface area contributed by atoms with Crippen LogP contribution in [0.2, 0.25) is 0 Å². The predicted octanol–water partition coefficient (Wildman–Crippen LogP) is 2.55. The summed E-state index contributed by atoms with van der Waals surface area (Å²) in [5, 5.41) is 5.84. The van der Waals surface area contributed by atoms with Crippen molar-refractivity contribution in [3.05, 3.63) is 0 Å². The molecule has 1 aliphatic rings. The molecule has 1 heterocycles. The molecule has 0 bridgehead atoms. The lowest BCUT2D eigenvalue weighted by Crippen LogP contribution is -2.00. The lowest BCUT2D eigenvalue weighted by Gasteiger charge is -1.93. The fourth-order valence-electron chi connectivity index (χ4n) is 0.897. The molecule has 0 saturated carbocycles. The maximum atomic E-state index is 10.5. The summed E-state index contributed by atoms with van der Waals surface area (Å²) in [5.41, 5.74) is 0. The standard InChI is InChI=1S/C6H10N2O4.C4H8O/c1-3-11-5(9)7-8-6(10)12-4-2;1-2-4-5-3-1/h3-4H2,1-2H3;1-4H2. The van der Waals surface area contributed by atoms with E-state index in [1.165, 1.54) is 12.8 Å². The number of rotatable bonds is 2. The van der Waals surface area contributed by atoms with Crippen LogP contribution < -0.4 is 0 Å². The van der Waals surface area contributed by atoms with E-state index in [9.17, 15) is 9.59 Å². The summed E-state index contributed by atoms with van der Waals surface area (Å²) >= 11 is 0. The molecular formula is C10H18N2O5. The molecular weight excluding hydrogens is 228 g/mol. The van der Waals surface area contributed by atoms with Crippen LogP contribution in [0.4, 0.5) is 9.59 Å². The zero-order valence-electron chi connectivity index (χ0n) is 10.2. The minimum Gasteiger partial charge on any atom is -0.447 e. The minimum atomic E-state index is -0.898. The van der Waals surface area contributed by atoms with Crippen molar-refractivity contribution in [2.75, 3.05) is 26.4 Å². The van der Waals surface area contributed by atoms with Crippen LogP contribution >= 0.6 is 0 Å². The third-order valence-electron chi connectivity index (χ3n) is 1.58. The van der Waals surface area contributed by atoms with Gasteiger partial charge in [0.1, 0.15) is 0 Å². The second-order valence-corrected chi connectivity index (χ2v) is 2.92. The molecule has 0 aromatic heterocycles. The fourth-order valence-corrected chi connectivity index (χ4v) is 0.897. The molecule has 0 radical (unpaired) electrons. The van der Waals surface area contributed by atoms with Crippen LogP contribution in [0, 0.1) is 0 Å². The van der Waals surface area contributed by atoms with E-state index in [1.807, 2.05) is 0 Å². The van der Waals surface area contributed by atoms with E-state index < -0.39 is 12.2 Å². The fraction of sp³-hybridized carbons (Fsp3) is 0.800. The Kier molecular flexibility index (Phi) is 10.0. The highest BCUT2D eigenvalue weighted by atomic mass is 16.6. The summed E-state index contributed by atoms with van der Waals surface area (Å²) in [4.78, 5) is 20.9. The van der Waals surface area contributed by atoms with Gasteiger partial charge in [-0.15, -0.1) is 0 Å². The Balaban J connectivity index is 0.000000419. The molecule has 0 aromatic rings. The SMILES string of the molecule is C1CCOC1.CCOC(=O)N=NC(=O)OCC. The number of hydrogen-bond donors (Lipinski definition) is 0. The van der Waals surface area contributed by atoms with Crippen LogP contribution in [0.1, 0.15) is 26.7 Å². The summed E-state index contributed by atoms with van der Waals surface area (Å²) in [6.07, 6.45) is 0.760. The predicted molar refractivity (Wildman–Crippen MR) is 59.0 cm³/mol. The summed E-state index contributed by atoms with van der Waals surface area (Å²) < 4.78 is 13.7. The van der Waals surface area contributed by atoms with Crippen molar-refractivity contribution in [3.8, 4) is 0 Å². The lowest BCUT2D eigenvalue weighted by molar-refractivity contribution is 0.152. The first-order valence-electron chi connectivity index (χ1n) is 5.53. The lowest BCUT2D eigenvalue weighted by atomic mass is 10.4.